The van der Waals surface area contributed by atoms with Crippen molar-refractivity contribution < 1.29 is 13.6 Å². The lowest BCUT2D eigenvalue weighted by atomic mass is 9.92. The summed E-state index contributed by atoms with van der Waals surface area (Å²) in [6, 6.07) is 3.84. The summed E-state index contributed by atoms with van der Waals surface area (Å²) in [5, 5.41) is 0.640. The zero-order valence-electron chi connectivity index (χ0n) is 8.96. The summed E-state index contributed by atoms with van der Waals surface area (Å²) in [5.41, 5.74) is -0.126. The summed E-state index contributed by atoms with van der Waals surface area (Å²) < 4.78 is 18.2. The van der Waals surface area contributed by atoms with Gasteiger partial charge in [0.05, 0.1) is 10.9 Å². The Morgan fingerprint density at radius 3 is 2.76 bits per heavy atom. The molecular weight excluding hydrogens is 223 g/mol. The highest BCUT2D eigenvalue weighted by Gasteiger charge is 2.23. The first-order valence-corrected chi connectivity index (χ1v) is 5.45. The van der Waals surface area contributed by atoms with E-state index < -0.39 is 11.4 Å². The van der Waals surface area contributed by atoms with Crippen molar-refractivity contribution in [3.8, 4) is 0 Å². The molecule has 0 aliphatic heterocycles. The number of rotatable bonds is 0. The molecule has 0 spiro atoms. The van der Waals surface area contributed by atoms with Gasteiger partial charge < -0.3 is 4.42 Å². The van der Waals surface area contributed by atoms with Gasteiger partial charge in [-0.2, -0.15) is 0 Å². The largest absolute Gasteiger partial charge is 0.427 e. The molecule has 3 rings (SSSR count). The molecule has 0 bridgehead atoms. The van der Waals surface area contributed by atoms with E-state index in [1.807, 2.05) is 0 Å². The lowest BCUT2D eigenvalue weighted by Gasteiger charge is -2.14. The number of carbonyl (C=O) groups is 1. The van der Waals surface area contributed by atoms with Crippen LogP contribution in [0.1, 0.15) is 29.0 Å². The van der Waals surface area contributed by atoms with Crippen LogP contribution in [0.5, 0.6) is 0 Å². The molecule has 1 aliphatic rings. The smallest absolute Gasteiger partial charge is 0.343 e. The maximum atomic E-state index is 13.1. The number of ketones is 1. The van der Waals surface area contributed by atoms with Gasteiger partial charge in [0.2, 0.25) is 0 Å². The Morgan fingerprint density at radius 2 is 1.94 bits per heavy atom. The number of aryl methyl sites for hydroxylation is 1. The molecule has 0 saturated heterocycles. The van der Waals surface area contributed by atoms with Crippen LogP contribution < -0.4 is 5.63 Å². The average Bonchev–Trinajstić information content (AvgIpc) is 2.30. The highest BCUT2D eigenvalue weighted by atomic mass is 19.1. The second kappa shape index (κ2) is 3.52. The second-order valence-corrected chi connectivity index (χ2v) is 4.15. The normalized spacial score (nSPS) is 15.0. The molecule has 1 heterocycles. The summed E-state index contributed by atoms with van der Waals surface area (Å²) >= 11 is 0. The fourth-order valence-electron chi connectivity index (χ4n) is 2.29. The fourth-order valence-corrected chi connectivity index (χ4v) is 2.29. The molecule has 0 amide bonds. The van der Waals surface area contributed by atoms with Gasteiger partial charge in [-0.1, -0.05) is 6.07 Å². The maximum Gasteiger partial charge on any atom is 0.343 e. The first kappa shape index (κ1) is 10.2. The van der Waals surface area contributed by atoms with Gasteiger partial charge in [-0.15, -0.1) is 0 Å². The van der Waals surface area contributed by atoms with Crippen LogP contribution >= 0.6 is 0 Å². The van der Waals surface area contributed by atoms with Crippen molar-refractivity contribution in [2.75, 3.05) is 0 Å². The monoisotopic (exact) mass is 232 g/mol. The number of Topliss-reactive ketones (excluding diaryl/α,β-unsaturated/α-hetero) is 1. The summed E-state index contributed by atoms with van der Waals surface area (Å²) in [7, 11) is 0. The Morgan fingerprint density at radius 1 is 1.12 bits per heavy atom. The van der Waals surface area contributed by atoms with Gasteiger partial charge in [0, 0.05) is 18.2 Å². The van der Waals surface area contributed by atoms with Gasteiger partial charge in [-0.25, -0.2) is 9.18 Å². The third-order valence-corrected chi connectivity index (χ3v) is 3.05. The van der Waals surface area contributed by atoms with Crippen LogP contribution in [0.15, 0.2) is 27.4 Å². The fraction of sp³-hybridized carbons (Fsp3) is 0.231. The molecule has 3 nitrogen and oxygen atoms in total. The Hall–Kier alpha value is -1.97. The van der Waals surface area contributed by atoms with Gasteiger partial charge in [0.15, 0.2) is 5.78 Å². The second-order valence-electron chi connectivity index (χ2n) is 4.15. The Balaban J connectivity index is 2.48. The minimum absolute atomic E-state index is 0.0355. The predicted octanol–water partition coefficient (Wildman–Crippen LogP) is 2.45. The highest BCUT2D eigenvalue weighted by molar-refractivity contribution is 6.09. The van der Waals surface area contributed by atoms with Crippen molar-refractivity contribution in [3.05, 3.63) is 45.8 Å². The molecule has 0 unspecified atom stereocenters. The van der Waals surface area contributed by atoms with Crippen molar-refractivity contribution in [2.24, 2.45) is 0 Å². The average molecular weight is 232 g/mol. The van der Waals surface area contributed by atoms with E-state index in [1.54, 1.807) is 0 Å². The van der Waals surface area contributed by atoms with Gasteiger partial charge in [-0.3, -0.25) is 4.79 Å². The van der Waals surface area contributed by atoms with E-state index in [2.05, 4.69) is 0 Å². The molecule has 0 saturated carbocycles. The van der Waals surface area contributed by atoms with Crippen molar-refractivity contribution in [1.82, 2.24) is 0 Å². The van der Waals surface area contributed by atoms with Crippen molar-refractivity contribution in [2.45, 2.75) is 19.3 Å². The number of hydrogen-bond donors (Lipinski definition) is 0. The number of halogens is 1. The number of benzene rings is 1. The Labute approximate surface area is 95.9 Å². The molecule has 2 aromatic rings. The van der Waals surface area contributed by atoms with Gasteiger partial charge in [0.25, 0.3) is 0 Å². The van der Waals surface area contributed by atoms with Crippen LogP contribution in [0.25, 0.3) is 10.8 Å². The third kappa shape index (κ3) is 1.48. The number of fused-ring (bicyclic) bond motifs is 3. The maximum absolute atomic E-state index is 13.1. The molecule has 0 fully saturated rings. The molecular formula is C13H9FO3. The van der Waals surface area contributed by atoms with E-state index >= 15 is 0 Å². The van der Waals surface area contributed by atoms with E-state index in [0.29, 0.717) is 36.0 Å². The van der Waals surface area contributed by atoms with Gasteiger partial charge in [-0.05, 0) is 18.6 Å². The van der Waals surface area contributed by atoms with E-state index in [1.165, 1.54) is 12.1 Å². The lowest BCUT2D eigenvalue weighted by molar-refractivity contribution is 0.0968. The molecule has 4 heteroatoms. The van der Waals surface area contributed by atoms with Crippen LogP contribution in [0.4, 0.5) is 4.39 Å². The summed E-state index contributed by atoms with van der Waals surface area (Å²) in [5.74, 6) is -0.107. The summed E-state index contributed by atoms with van der Waals surface area (Å²) in [4.78, 5) is 23.5. The van der Waals surface area contributed by atoms with E-state index in [0.717, 1.165) is 6.07 Å². The zero-order chi connectivity index (χ0) is 12.0. The van der Waals surface area contributed by atoms with Crippen LogP contribution in [0, 0.1) is 5.82 Å². The lowest BCUT2D eigenvalue weighted by Crippen LogP contribution is -2.16. The molecule has 0 radical (unpaired) electrons. The van der Waals surface area contributed by atoms with E-state index in [9.17, 15) is 14.0 Å². The first-order valence-electron chi connectivity index (χ1n) is 5.45. The molecule has 0 atom stereocenters. The standard InChI is InChI=1S/C13H9FO3/c14-7-4-5-8-9(6-7)13(16)17-11-3-1-2-10(15)12(8)11/h4-6H,1-3H2. The van der Waals surface area contributed by atoms with Crippen molar-refractivity contribution in [3.63, 3.8) is 0 Å². The van der Waals surface area contributed by atoms with E-state index in [-0.39, 0.29) is 11.2 Å². The highest BCUT2D eigenvalue weighted by Crippen LogP contribution is 2.27. The molecule has 1 aromatic heterocycles. The minimum atomic E-state index is -0.576. The topological polar surface area (TPSA) is 47.3 Å². The Kier molecular flexibility index (Phi) is 2.11. The van der Waals surface area contributed by atoms with Crippen molar-refractivity contribution >= 4 is 16.6 Å². The Bertz CT molecular complexity index is 685. The first-order chi connectivity index (χ1) is 8.16. The van der Waals surface area contributed by atoms with Gasteiger partial charge in [0.1, 0.15) is 11.6 Å². The molecule has 1 aliphatic carbocycles. The summed E-state index contributed by atoms with van der Waals surface area (Å²) in [6.45, 7) is 0. The molecule has 0 N–H and O–H groups in total. The summed E-state index contributed by atoms with van der Waals surface area (Å²) in [6.07, 6.45) is 1.73. The molecule has 17 heavy (non-hydrogen) atoms. The van der Waals surface area contributed by atoms with Gasteiger partial charge >= 0.3 is 5.63 Å². The third-order valence-electron chi connectivity index (χ3n) is 3.05. The number of hydrogen-bond acceptors (Lipinski definition) is 3. The predicted molar refractivity (Wildman–Crippen MR) is 59.7 cm³/mol. The van der Waals surface area contributed by atoms with Crippen molar-refractivity contribution in [1.29, 1.82) is 0 Å². The van der Waals surface area contributed by atoms with Crippen LogP contribution in [0.3, 0.4) is 0 Å². The quantitative estimate of drug-likeness (QED) is 0.700. The SMILES string of the molecule is O=C1CCCc2oc(=O)c3cc(F)ccc3c21. The van der Waals surface area contributed by atoms with E-state index in [4.69, 9.17) is 4.42 Å². The molecule has 86 valence electrons. The number of carbonyl (C=O) groups excluding carboxylic acids is 1. The van der Waals surface area contributed by atoms with Crippen LogP contribution in [0.2, 0.25) is 0 Å². The molecule has 1 aromatic carbocycles. The van der Waals surface area contributed by atoms with Crippen LogP contribution in [-0.2, 0) is 6.42 Å². The minimum Gasteiger partial charge on any atom is -0.427 e. The zero-order valence-corrected chi connectivity index (χ0v) is 8.96. The van der Waals surface area contributed by atoms with Crippen LogP contribution in [-0.4, -0.2) is 5.78 Å².